The third kappa shape index (κ3) is 3.71. The number of alkyl halides is 1. The van der Waals surface area contributed by atoms with Crippen molar-refractivity contribution in [3.63, 3.8) is 0 Å². The van der Waals surface area contributed by atoms with E-state index >= 15 is 4.39 Å². The van der Waals surface area contributed by atoms with Crippen LogP contribution in [0.3, 0.4) is 0 Å². The molecular formula is C23H22FN7OS. The molecule has 3 aromatic rings. The number of nitriles is 1. The second-order valence-corrected chi connectivity index (χ2v) is 9.82. The molecule has 1 saturated carbocycles. The number of phenols is 1. The topological polar surface area (TPSA) is 111 Å². The van der Waals surface area contributed by atoms with Crippen LogP contribution in [0.1, 0.15) is 37.8 Å². The number of piperidine rings is 1. The zero-order valence-electron chi connectivity index (χ0n) is 17.7. The van der Waals surface area contributed by atoms with Gasteiger partial charge in [0, 0.05) is 34.6 Å². The fourth-order valence-electron chi connectivity index (χ4n) is 5.03. The molecule has 10 heteroatoms. The average molecular weight is 464 g/mol. The van der Waals surface area contributed by atoms with Gasteiger partial charge in [-0.05, 0) is 44.2 Å². The van der Waals surface area contributed by atoms with E-state index in [1.807, 2.05) is 17.0 Å². The molecule has 168 valence electrons. The van der Waals surface area contributed by atoms with Gasteiger partial charge in [0.2, 0.25) is 5.95 Å². The lowest BCUT2D eigenvalue weighted by Gasteiger charge is -2.40. The molecule has 0 unspecified atom stereocenters. The largest absolute Gasteiger partial charge is 0.507 e. The number of hydrogen-bond acceptors (Lipinski definition) is 9. The first-order chi connectivity index (χ1) is 16.1. The molecule has 1 aliphatic carbocycles. The predicted octanol–water partition coefficient (Wildman–Crippen LogP) is 3.44. The van der Waals surface area contributed by atoms with Crippen molar-refractivity contribution in [3.8, 4) is 33.6 Å². The first-order valence-electron chi connectivity index (χ1n) is 11.2. The summed E-state index contributed by atoms with van der Waals surface area (Å²) in [5, 5.41) is 34.0. The van der Waals surface area contributed by atoms with Gasteiger partial charge in [-0.2, -0.15) is 5.26 Å². The van der Waals surface area contributed by atoms with E-state index < -0.39 is 6.17 Å². The number of aromatic hydroxyl groups is 1. The number of nitrogens with one attached hydrogen (secondary N) is 1. The van der Waals surface area contributed by atoms with Gasteiger partial charge in [0.1, 0.15) is 28.7 Å². The summed E-state index contributed by atoms with van der Waals surface area (Å²) in [7, 11) is 0. The summed E-state index contributed by atoms with van der Waals surface area (Å²) in [4.78, 5) is 10.8. The summed E-state index contributed by atoms with van der Waals surface area (Å²) in [6.45, 7) is 0. The molecule has 1 aromatic carbocycles. The van der Waals surface area contributed by atoms with E-state index in [2.05, 4.69) is 25.5 Å². The maximum absolute atomic E-state index is 15.2. The van der Waals surface area contributed by atoms with Crippen LogP contribution in [-0.4, -0.2) is 55.6 Å². The SMILES string of the molecule is N#Cc1csc(-c2ccc(-c3cnc(N(C4CC4)[C@H]4C[C@@H]5CC[C@H](N5)[C@H]4F)nn3)c(O)c2)n1. The van der Waals surface area contributed by atoms with E-state index in [-0.39, 0.29) is 23.9 Å². The molecule has 6 rings (SSSR count). The Morgan fingerprint density at radius 2 is 2.09 bits per heavy atom. The number of aromatic nitrogens is 4. The van der Waals surface area contributed by atoms with Gasteiger partial charge in [-0.15, -0.1) is 21.5 Å². The molecule has 2 saturated heterocycles. The van der Waals surface area contributed by atoms with Gasteiger partial charge in [0.25, 0.3) is 0 Å². The fraction of sp³-hybridized carbons (Fsp3) is 0.435. The zero-order valence-corrected chi connectivity index (χ0v) is 18.5. The molecule has 0 spiro atoms. The molecule has 3 aliphatic rings. The van der Waals surface area contributed by atoms with Crippen LogP contribution in [0.25, 0.3) is 21.8 Å². The third-order valence-electron chi connectivity index (χ3n) is 6.77. The van der Waals surface area contributed by atoms with Crippen LogP contribution in [0, 0.1) is 11.3 Å². The minimum Gasteiger partial charge on any atom is -0.507 e. The Labute approximate surface area is 194 Å². The van der Waals surface area contributed by atoms with Crippen LogP contribution in [0.4, 0.5) is 10.3 Å². The smallest absolute Gasteiger partial charge is 0.245 e. The molecule has 4 atom stereocenters. The summed E-state index contributed by atoms with van der Waals surface area (Å²) in [5.41, 5.74) is 2.01. The normalized spacial score (nSPS) is 26.2. The Morgan fingerprint density at radius 3 is 2.79 bits per heavy atom. The van der Waals surface area contributed by atoms with E-state index in [1.165, 1.54) is 11.3 Å². The molecule has 0 amide bonds. The van der Waals surface area contributed by atoms with Gasteiger partial charge < -0.3 is 15.3 Å². The summed E-state index contributed by atoms with van der Waals surface area (Å²) in [6, 6.07) is 7.48. The van der Waals surface area contributed by atoms with E-state index in [4.69, 9.17) is 5.26 Å². The van der Waals surface area contributed by atoms with Crippen molar-refractivity contribution in [2.45, 2.75) is 62.4 Å². The van der Waals surface area contributed by atoms with E-state index in [1.54, 1.807) is 23.7 Å². The van der Waals surface area contributed by atoms with Gasteiger partial charge in [-0.25, -0.2) is 14.4 Å². The number of rotatable bonds is 5. The number of hydrogen-bond donors (Lipinski definition) is 2. The molecule has 3 fully saturated rings. The number of fused-ring (bicyclic) bond motifs is 2. The number of phenolic OH excluding ortho intramolecular Hbond substituents is 1. The third-order valence-corrected chi connectivity index (χ3v) is 7.66. The molecule has 4 heterocycles. The molecular weight excluding hydrogens is 441 g/mol. The van der Waals surface area contributed by atoms with Gasteiger partial charge in [-0.3, -0.25) is 0 Å². The molecule has 2 aliphatic heterocycles. The van der Waals surface area contributed by atoms with Gasteiger partial charge >= 0.3 is 0 Å². The highest BCUT2D eigenvalue weighted by atomic mass is 32.1. The van der Waals surface area contributed by atoms with Crippen molar-refractivity contribution in [3.05, 3.63) is 35.5 Å². The Hall–Kier alpha value is -3.16. The maximum Gasteiger partial charge on any atom is 0.245 e. The van der Waals surface area contributed by atoms with E-state index in [0.717, 1.165) is 37.7 Å². The van der Waals surface area contributed by atoms with Crippen molar-refractivity contribution in [1.82, 2.24) is 25.5 Å². The van der Waals surface area contributed by atoms with Crippen molar-refractivity contribution < 1.29 is 9.50 Å². The zero-order chi connectivity index (χ0) is 22.5. The van der Waals surface area contributed by atoms with Crippen LogP contribution >= 0.6 is 11.3 Å². The number of benzene rings is 1. The lowest BCUT2D eigenvalue weighted by Crippen LogP contribution is -2.57. The Balaban J connectivity index is 1.26. The summed E-state index contributed by atoms with van der Waals surface area (Å²) in [6.07, 6.45) is 5.33. The predicted molar refractivity (Wildman–Crippen MR) is 121 cm³/mol. The standard InChI is InChI=1S/C23H22FN7OS/c24-21-17-6-2-13(27-17)8-19(21)31(15-3-4-15)23-26-10-18(29-30-23)16-5-1-12(7-20(16)32)22-28-14(9-25)11-33-22/h1,5,7,10-11,13,15,17,19,21,27,32H,2-4,6,8H2/t13-,17-,19-,21+/m0/s1. The Morgan fingerprint density at radius 1 is 1.21 bits per heavy atom. The van der Waals surface area contributed by atoms with Crippen LogP contribution in [-0.2, 0) is 0 Å². The molecule has 8 nitrogen and oxygen atoms in total. The van der Waals surface area contributed by atoms with Crippen molar-refractivity contribution in [1.29, 1.82) is 5.26 Å². The van der Waals surface area contributed by atoms with Crippen LogP contribution in [0.5, 0.6) is 5.75 Å². The second-order valence-electron chi connectivity index (χ2n) is 8.96. The number of halogens is 1. The molecule has 0 radical (unpaired) electrons. The number of nitrogens with zero attached hydrogens (tertiary/aromatic N) is 6. The van der Waals surface area contributed by atoms with E-state index in [9.17, 15) is 5.11 Å². The first kappa shape index (κ1) is 20.4. The van der Waals surface area contributed by atoms with Crippen LogP contribution in [0.2, 0.25) is 0 Å². The van der Waals surface area contributed by atoms with E-state index in [0.29, 0.717) is 33.9 Å². The number of anilines is 1. The van der Waals surface area contributed by atoms with Crippen LogP contribution < -0.4 is 10.2 Å². The minimum atomic E-state index is -0.948. The maximum atomic E-state index is 15.2. The molecule has 2 aromatic heterocycles. The quantitative estimate of drug-likeness (QED) is 0.592. The van der Waals surface area contributed by atoms with Gasteiger partial charge in [-0.1, -0.05) is 6.07 Å². The minimum absolute atomic E-state index is 0.0304. The Bertz CT molecular complexity index is 1220. The first-order valence-corrected chi connectivity index (χ1v) is 12.1. The monoisotopic (exact) mass is 463 g/mol. The lowest BCUT2D eigenvalue weighted by atomic mass is 9.96. The fourth-order valence-corrected chi connectivity index (χ4v) is 5.77. The van der Waals surface area contributed by atoms with Crippen molar-refractivity contribution in [2.24, 2.45) is 0 Å². The van der Waals surface area contributed by atoms with Crippen molar-refractivity contribution in [2.75, 3.05) is 4.90 Å². The molecule has 2 bridgehead atoms. The summed E-state index contributed by atoms with van der Waals surface area (Å²) >= 11 is 1.34. The molecule has 2 N–H and O–H groups in total. The van der Waals surface area contributed by atoms with Crippen LogP contribution in [0.15, 0.2) is 29.8 Å². The van der Waals surface area contributed by atoms with Crippen molar-refractivity contribution >= 4 is 17.3 Å². The van der Waals surface area contributed by atoms with Gasteiger partial charge in [0.05, 0.1) is 12.2 Å². The lowest BCUT2D eigenvalue weighted by molar-refractivity contribution is 0.171. The number of thiazole rings is 1. The van der Waals surface area contributed by atoms with Gasteiger partial charge in [0.15, 0.2) is 5.69 Å². The summed E-state index contributed by atoms with van der Waals surface area (Å²) in [5.74, 6) is 0.487. The highest BCUT2D eigenvalue weighted by molar-refractivity contribution is 7.13. The Kier molecular flexibility index (Phi) is 4.96. The summed E-state index contributed by atoms with van der Waals surface area (Å²) < 4.78 is 15.2. The average Bonchev–Trinajstić information content (AvgIpc) is 3.39. The highest BCUT2D eigenvalue weighted by Gasteiger charge is 2.48. The molecule has 33 heavy (non-hydrogen) atoms. The highest BCUT2D eigenvalue weighted by Crippen LogP contribution is 2.40. The second kappa shape index (κ2) is 8.01.